The lowest BCUT2D eigenvalue weighted by molar-refractivity contribution is 0.0447. The van der Waals surface area contributed by atoms with Crippen molar-refractivity contribution in [3.05, 3.63) is 23.8 Å². The van der Waals surface area contributed by atoms with E-state index in [9.17, 15) is 0 Å². The third-order valence-corrected chi connectivity index (χ3v) is 6.59. The standard InChI is InChI=1S/C17H19N6S/c1-9-11(8-19-22-9)14-7-12-15(24-14)16(18)21-17(20-12)13-6-10-2-4-23(13)5-3-10/h7-8,10,13H,2-6H2,1H3,(H2-,18,19,20,21,22)/q-1/t13-/m0/s1. The Morgan fingerprint density at radius 1 is 1.29 bits per heavy atom. The summed E-state index contributed by atoms with van der Waals surface area (Å²) < 4.78 is 0.963. The molecule has 124 valence electrons. The van der Waals surface area contributed by atoms with Gasteiger partial charge in [-0.05, 0) is 56.8 Å². The summed E-state index contributed by atoms with van der Waals surface area (Å²) in [5, 5.41) is 8.08. The first-order chi connectivity index (χ1) is 11.7. The Balaban J connectivity index is 1.59. The van der Waals surface area contributed by atoms with Gasteiger partial charge in [0.15, 0.2) is 0 Å². The van der Waals surface area contributed by atoms with Crippen LogP contribution in [0.3, 0.4) is 0 Å². The minimum atomic E-state index is 0.330. The van der Waals surface area contributed by atoms with Crippen molar-refractivity contribution in [2.75, 3.05) is 18.8 Å². The largest absolute Gasteiger partial charge is 0.581 e. The van der Waals surface area contributed by atoms with E-state index in [-0.39, 0.29) is 0 Å². The summed E-state index contributed by atoms with van der Waals surface area (Å²) in [5.41, 5.74) is 9.21. The molecule has 3 saturated heterocycles. The Morgan fingerprint density at radius 2 is 2.12 bits per heavy atom. The molecular weight excluding hydrogens is 320 g/mol. The molecule has 3 aromatic heterocycles. The highest BCUT2D eigenvalue weighted by atomic mass is 32.1. The summed E-state index contributed by atoms with van der Waals surface area (Å²) in [6, 6.07) is 2.43. The highest BCUT2D eigenvalue weighted by molar-refractivity contribution is 7.22. The molecule has 3 aromatic rings. The number of aryl methyl sites for hydroxylation is 1. The van der Waals surface area contributed by atoms with Gasteiger partial charge in [0.25, 0.3) is 0 Å². The molecule has 0 unspecified atom stereocenters. The van der Waals surface area contributed by atoms with Crippen molar-refractivity contribution in [1.82, 2.24) is 25.1 Å². The van der Waals surface area contributed by atoms with Gasteiger partial charge in [0.05, 0.1) is 16.3 Å². The molecule has 3 aliphatic rings. The molecule has 2 bridgehead atoms. The number of nitrogens with zero attached hydrogens (tertiary/aromatic N) is 5. The second-order valence-corrected chi connectivity index (χ2v) is 7.92. The minimum Gasteiger partial charge on any atom is -0.581 e. The number of piperidine rings is 3. The number of anilines is 1. The lowest BCUT2D eigenvalue weighted by atomic mass is 9.83. The van der Waals surface area contributed by atoms with E-state index in [1.54, 1.807) is 17.5 Å². The molecule has 0 amide bonds. The van der Waals surface area contributed by atoms with Crippen molar-refractivity contribution in [3.8, 4) is 10.4 Å². The predicted molar refractivity (Wildman–Crippen MR) is 94.8 cm³/mol. The number of thiophene rings is 1. The van der Waals surface area contributed by atoms with Crippen molar-refractivity contribution in [2.45, 2.75) is 32.2 Å². The van der Waals surface area contributed by atoms with Gasteiger partial charge in [0.1, 0.15) is 11.6 Å². The fraction of sp³-hybridized carbons (Fsp3) is 0.471. The van der Waals surface area contributed by atoms with E-state index in [1.807, 2.05) is 6.92 Å². The van der Waals surface area contributed by atoms with Crippen molar-refractivity contribution in [3.63, 3.8) is 0 Å². The number of hydrogen-bond donors (Lipinski definition) is 1. The summed E-state index contributed by atoms with van der Waals surface area (Å²) in [4.78, 5) is 13.2. The molecule has 2 N–H and O–H groups in total. The molecule has 3 fully saturated rings. The van der Waals surface area contributed by atoms with Crippen LogP contribution in [0, 0.1) is 12.8 Å². The lowest BCUT2D eigenvalue weighted by Gasteiger charge is -2.44. The van der Waals surface area contributed by atoms with Crippen LogP contribution in [-0.4, -0.2) is 33.1 Å². The summed E-state index contributed by atoms with van der Waals surface area (Å²) in [5.74, 6) is 2.31. The molecule has 0 aromatic carbocycles. The van der Waals surface area contributed by atoms with E-state index in [1.165, 1.54) is 12.8 Å². The Morgan fingerprint density at radius 3 is 2.79 bits per heavy atom. The van der Waals surface area contributed by atoms with Gasteiger partial charge in [-0.1, -0.05) is 0 Å². The molecule has 6 nitrogen and oxygen atoms in total. The molecule has 6 rings (SSSR count). The first-order valence-electron chi connectivity index (χ1n) is 8.45. The topological polar surface area (TPSA) is 82.0 Å². The first-order valence-corrected chi connectivity index (χ1v) is 9.27. The number of nitrogen functional groups attached to an aromatic ring is 1. The fourth-order valence-electron chi connectivity index (χ4n) is 4.05. The van der Waals surface area contributed by atoms with E-state index in [2.05, 4.69) is 26.1 Å². The maximum absolute atomic E-state index is 6.28. The normalized spacial score (nSPS) is 26.3. The molecule has 0 aliphatic carbocycles. The summed E-state index contributed by atoms with van der Waals surface area (Å²) in [6.45, 7) is 4.30. The van der Waals surface area contributed by atoms with Crippen LogP contribution >= 0.6 is 11.3 Å². The average molecular weight is 339 g/mol. The molecular formula is C17H19N6S-. The van der Waals surface area contributed by atoms with Gasteiger partial charge >= 0.3 is 0 Å². The highest BCUT2D eigenvalue weighted by Crippen LogP contribution is 2.41. The first kappa shape index (κ1) is 14.4. The minimum absolute atomic E-state index is 0.330. The van der Waals surface area contributed by atoms with Gasteiger partial charge in [-0.25, -0.2) is 9.97 Å². The maximum atomic E-state index is 6.28. The number of rotatable bonds is 2. The van der Waals surface area contributed by atoms with Crippen LogP contribution in [0.4, 0.5) is 5.82 Å². The summed E-state index contributed by atoms with van der Waals surface area (Å²) >= 11 is 1.62. The van der Waals surface area contributed by atoms with E-state index in [0.29, 0.717) is 11.9 Å². The Bertz CT molecular complexity index is 905. The maximum Gasteiger partial charge on any atom is 0.148 e. The van der Waals surface area contributed by atoms with E-state index < -0.39 is 0 Å². The molecule has 1 atom stereocenters. The van der Waals surface area contributed by atoms with Crippen molar-refractivity contribution >= 4 is 27.4 Å². The van der Waals surface area contributed by atoms with Gasteiger partial charge in [0, 0.05) is 10.6 Å². The fourth-order valence-corrected chi connectivity index (χ4v) is 5.11. The Kier molecular flexibility index (Phi) is 3.14. The van der Waals surface area contributed by atoms with Crippen LogP contribution < -0.4 is 10.8 Å². The zero-order chi connectivity index (χ0) is 16.3. The Labute approximate surface area is 144 Å². The number of hydrogen-bond acceptors (Lipinski definition) is 6. The van der Waals surface area contributed by atoms with Crippen LogP contribution in [0.2, 0.25) is 0 Å². The van der Waals surface area contributed by atoms with E-state index in [4.69, 9.17) is 10.7 Å². The zero-order valence-electron chi connectivity index (χ0n) is 13.6. The summed E-state index contributed by atoms with van der Waals surface area (Å²) in [6.07, 6.45) is 5.59. The predicted octanol–water partition coefficient (Wildman–Crippen LogP) is 2.76. The van der Waals surface area contributed by atoms with Crippen LogP contribution in [0.1, 0.15) is 36.8 Å². The number of aromatic nitrogens is 4. The zero-order valence-corrected chi connectivity index (χ0v) is 14.4. The second-order valence-electron chi connectivity index (χ2n) is 6.87. The monoisotopic (exact) mass is 339 g/mol. The molecule has 0 saturated carbocycles. The van der Waals surface area contributed by atoms with Crippen LogP contribution in [0.15, 0.2) is 12.3 Å². The van der Waals surface area contributed by atoms with Gasteiger partial charge in [0.2, 0.25) is 0 Å². The second kappa shape index (κ2) is 5.26. The molecule has 7 heteroatoms. The van der Waals surface area contributed by atoms with Crippen LogP contribution in [0.25, 0.3) is 20.7 Å². The Hall–Kier alpha value is -1.99. The van der Waals surface area contributed by atoms with Gasteiger partial charge in [-0.2, -0.15) is 6.20 Å². The number of nitrogens with two attached hydrogens (primary N) is 1. The molecule has 3 aliphatic heterocycles. The van der Waals surface area contributed by atoms with Crippen molar-refractivity contribution < 1.29 is 0 Å². The number of fused-ring (bicyclic) bond motifs is 4. The van der Waals surface area contributed by atoms with Crippen LogP contribution in [-0.2, 0) is 0 Å². The molecule has 0 spiro atoms. The molecule has 6 heterocycles. The SMILES string of the molecule is Cc1n[n-]cc1-c1cc2nc([C@@H]3CC4CCN3CC4)nc(N)c2s1. The van der Waals surface area contributed by atoms with E-state index >= 15 is 0 Å². The summed E-state index contributed by atoms with van der Waals surface area (Å²) in [7, 11) is 0. The van der Waals surface area contributed by atoms with Crippen molar-refractivity contribution in [2.24, 2.45) is 5.92 Å². The smallest absolute Gasteiger partial charge is 0.148 e. The average Bonchev–Trinajstić information content (AvgIpc) is 3.21. The highest BCUT2D eigenvalue weighted by Gasteiger charge is 2.36. The third kappa shape index (κ3) is 2.15. The van der Waals surface area contributed by atoms with Gasteiger partial charge in [-0.15, -0.1) is 11.3 Å². The third-order valence-electron chi connectivity index (χ3n) is 5.41. The van der Waals surface area contributed by atoms with Crippen LogP contribution in [0.5, 0.6) is 0 Å². The molecule has 0 radical (unpaired) electrons. The van der Waals surface area contributed by atoms with E-state index in [0.717, 1.165) is 57.6 Å². The molecule has 24 heavy (non-hydrogen) atoms. The van der Waals surface area contributed by atoms with Gasteiger partial charge in [-0.3, -0.25) is 4.90 Å². The lowest BCUT2D eigenvalue weighted by Crippen LogP contribution is -2.44. The van der Waals surface area contributed by atoms with Crippen molar-refractivity contribution in [1.29, 1.82) is 0 Å². The quantitative estimate of drug-likeness (QED) is 0.773. The van der Waals surface area contributed by atoms with Gasteiger partial charge < -0.3 is 15.9 Å².